The molecule has 0 aromatic carbocycles. The Labute approximate surface area is 165 Å². The van der Waals surface area contributed by atoms with Gasteiger partial charge in [0.25, 0.3) is 0 Å². The first-order valence-electron chi connectivity index (χ1n) is 10.3. The van der Waals surface area contributed by atoms with E-state index in [2.05, 4.69) is 25.9 Å². The lowest BCUT2D eigenvalue weighted by molar-refractivity contribution is -0.141. The van der Waals surface area contributed by atoms with Crippen molar-refractivity contribution >= 4 is 12.1 Å². The summed E-state index contributed by atoms with van der Waals surface area (Å²) in [5.74, 6) is 0.255. The van der Waals surface area contributed by atoms with Gasteiger partial charge in [0, 0.05) is 30.5 Å². The number of amides is 1. The van der Waals surface area contributed by atoms with Crippen molar-refractivity contribution in [1.82, 2.24) is 10.1 Å². The second kappa shape index (κ2) is 6.78. The van der Waals surface area contributed by atoms with Crippen LogP contribution in [-0.4, -0.2) is 45.4 Å². The highest BCUT2D eigenvalue weighted by molar-refractivity contribution is 5.75. The van der Waals surface area contributed by atoms with Crippen molar-refractivity contribution in [2.45, 2.75) is 70.6 Å². The smallest absolute Gasteiger partial charge is 0.407 e. The van der Waals surface area contributed by atoms with Crippen molar-refractivity contribution in [1.29, 1.82) is 0 Å². The Morgan fingerprint density at radius 3 is 2.36 bits per heavy atom. The van der Waals surface area contributed by atoms with Crippen molar-refractivity contribution in [2.75, 3.05) is 13.1 Å². The van der Waals surface area contributed by atoms with Crippen LogP contribution in [0.5, 0.6) is 0 Å². The van der Waals surface area contributed by atoms with Crippen molar-refractivity contribution in [3.63, 3.8) is 0 Å². The Bertz CT molecular complexity index is 770. The minimum Gasteiger partial charge on any atom is -0.481 e. The number of aliphatic carboxylic acids is 1. The monoisotopic (exact) mass is 390 g/mol. The van der Waals surface area contributed by atoms with Crippen molar-refractivity contribution in [2.24, 2.45) is 17.3 Å². The van der Waals surface area contributed by atoms with E-state index < -0.39 is 23.9 Å². The molecule has 7 nitrogen and oxygen atoms in total. The largest absolute Gasteiger partial charge is 0.481 e. The summed E-state index contributed by atoms with van der Waals surface area (Å²) in [6.45, 7) is 6.99. The van der Waals surface area contributed by atoms with Crippen LogP contribution in [0.15, 0.2) is 4.52 Å². The van der Waals surface area contributed by atoms with E-state index in [1.165, 1.54) is 11.3 Å². The molecule has 0 bridgehead atoms. The zero-order chi connectivity index (χ0) is 20.2. The summed E-state index contributed by atoms with van der Waals surface area (Å²) >= 11 is 0. The van der Waals surface area contributed by atoms with E-state index in [9.17, 15) is 19.8 Å². The molecule has 2 N–H and O–H groups in total. The summed E-state index contributed by atoms with van der Waals surface area (Å²) in [4.78, 5) is 24.3. The highest BCUT2D eigenvalue weighted by Crippen LogP contribution is 2.53. The fraction of sp³-hybridized carbons (Fsp3) is 0.762. The third-order valence-corrected chi connectivity index (χ3v) is 6.54. The Kier molecular flexibility index (Phi) is 4.67. The quantitative estimate of drug-likeness (QED) is 0.778. The molecule has 3 fully saturated rings. The minimum absolute atomic E-state index is 0.0126. The fourth-order valence-corrected chi connectivity index (χ4v) is 5.14. The molecular weight excluding hydrogens is 360 g/mol. The topological polar surface area (TPSA) is 104 Å². The van der Waals surface area contributed by atoms with Crippen molar-refractivity contribution in [3.8, 4) is 0 Å². The molecule has 1 saturated heterocycles. The minimum atomic E-state index is -1.07. The number of hydrogen-bond donors (Lipinski definition) is 2. The molecule has 1 amide bonds. The second-order valence-corrected chi connectivity index (χ2v) is 10.2. The molecule has 0 spiro atoms. The van der Waals surface area contributed by atoms with Crippen LogP contribution in [0.2, 0.25) is 0 Å². The number of aromatic nitrogens is 1. The molecule has 7 heteroatoms. The maximum absolute atomic E-state index is 11.8. The molecule has 1 aromatic rings. The predicted molar refractivity (Wildman–Crippen MR) is 101 cm³/mol. The van der Waals surface area contributed by atoms with E-state index in [1.54, 1.807) is 0 Å². The van der Waals surface area contributed by atoms with E-state index >= 15 is 0 Å². The van der Waals surface area contributed by atoms with Crippen LogP contribution in [0.3, 0.4) is 0 Å². The Morgan fingerprint density at radius 2 is 1.82 bits per heavy atom. The molecule has 2 aliphatic carbocycles. The van der Waals surface area contributed by atoms with Crippen LogP contribution >= 0.6 is 0 Å². The number of hydrogen-bond acceptors (Lipinski definition) is 4. The number of nitrogens with zero attached hydrogens (tertiary/aromatic N) is 2. The maximum Gasteiger partial charge on any atom is 0.407 e. The highest BCUT2D eigenvalue weighted by atomic mass is 16.5. The van der Waals surface area contributed by atoms with Gasteiger partial charge >= 0.3 is 12.1 Å². The van der Waals surface area contributed by atoms with E-state index in [0.717, 1.165) is 37.0 Å². The van der Waals surface area contributed by atoms with Crippen LogP contribution < -0.4 is 0 Å². The van der Waals surface area contributed by atoms with Gasteiger partial charge in [0.2, 0.25) is 0 Å². The van der Waals surface area contributed by atoms with E-state index in [4.69, 9.17) is 4.52 Å². The second-order valence-electron chi connectivity index (χ2n) is 10.2. The maximum atomic E-state index is 11.8. The van der Waals surface area contributed by atoms with E-state index in [1.807, 2.05) is 0 Å². The molecule has 28 heavy (non-hydrogen) atoms. The van der Waals surface area contributed by atoms with Crippen molar-refractivity contribution in [3.05, 3.63) is 17.0 Å². The molecule has 154 valence electrons. The number of carbonyl (C=O) groups is 2. The van der Waals surface area contributed by atoms with Crippen LogP contribution in [0.4, 0.5) is 4.79 Å². The SMILES string of the molecule is CC(C)(C)CC1CC(c2onc([C@H]3CN(C(=O)O)C[C@@H]3C(=O)O)c2C2CC2)C1. The molecule has 3 aliphatic rings. The summed E-state index contributed by atoms with van der Waals surface area (Å²) in [5, 5.41) is 23.3. The predicted octanol–water partition coefficient (Wildman–Crippen LogP) is 4.26. The summed E-state index contributed by atoms with van der Waals surface area (Å²) in [6.07, 6.45) is 4.47. The summed E-state index contributed by atoms with van der Waals surface area (Å²) in [7, 11) is 0. The number of carboxylic acid groups (broad SMARTS) is 2. The Hall–Kier alpha value is -2.05. The van der Waals surface area contributed by atoms with Gasteiger partial charge in [-0.05, 0) is 49.4 Å². The van der Waals surface area contributed by atoms with Gasteiger partial charge in [-0.3, -0.25) is 4.79 Å². The lowest BCUT2D eigenvalue weighted by atomic mass is 9.66. The van der Waals surface area contributed by atoms with Crippen LogP contribution in [0.1, 0.15) is 87.6 Å². The van der Waals surface area contributed by atoms with Gasteiger partial charge < -0.3 is 19.6 Å². The van der Waals surface area contributed by atoms with Gasteiger partial charge in [-0.25, -0.2) is 4.79 Å². The van der Waals surface area contributed by atoms with Crippen LogP contribution in [0, 0.1) is 17.3 Å². The van der Waals surface area contributed by atoms with Crippen molar-refractivity contribution < 1.29 is 24.3 Å². The van der Waals surface area contributed by atoms with Crippen LogP contribution in [-0.2, 0) is 4.79 Å². The molecular formula is C21H30N2O5. The fourth-order valence-electron chi connectivity index (χ4n) is 5.14. The normalized spacial score (nSPS) is 30.3. The molecule has 1 aliphatic heterocycles. The van der Waals surface area contributed by atoms with Gasteiger partial charge in [-0.15, -0.1) is 0 Å². The molecule has 0 radical (unpaired) electrons. The highest BCUT2D eigenvalue weighted by Gasteiger charge is 2.47. The average Bonchev–Trinajstić information content (AvgIpc) is 3.13. The third kappa shape index (κ3) is 3.63. The third-order valence-electron chi connectivity index (χ3n) is 6.54. The first-order valence-corrected chi connectivity index (χ1v) is 10.3. The molecule has 4 rings (SSSR count). The number of likely N-dealkylation sites (tertiary alicyclic amines) is 1. The number of rotatable bonds is 5. The Morgan fingerprint density at radius 1 is 1.14 bits per heavy atom. The number of carboxylic acids is 1. The van der Waals surface area contributed by atoms with Gasteiger partial charge in [-0.1, -0.05) is 25.9 Å². The van der Waals surface area contributed by atoms with E-state index in [0.29, 0.717) is 28.9 Å². The van der Waals surface area contributed by atoms with Gasteiger partial charge in [0.05, 0.1) is 11.6 Å². The lowest BCUT2D eigenvalue weighted by Gasteiger charge is -2.38. The summed E-state index contributed by atoms with van der Waals surface area (Å²) in [6, 6.07) is 0. The zero-order valence-electron chi connectivity index (χ0n) is 16.9. The average molecular weight is 390 g/mol. The standard InChI is InChI=1S/C21H30N2O5/c1-21(2,3)8-11-6-13(7-11)18-16(12-4-5-12)17(22-28-18)14-9-23(20(26)27)10-15(14)19(24)25/h11-15H,4-10H2,1-3H3,(H,24,25)(H,26,27)/t11?,13?,14-,15-/m0/s1. The molecule has 0 unspecified atom stereocenters. The zero-order valence-corrected chi connectivity index (χ0v) is 16.9. The lowest BCUT2D eigenvalue weighted by Crippen LogP contribution is -2.28. The molecule has 1 aromatic heterocycles. The van der Waals surface area contributed by atoms with Gasteiger partial charge in [0.15, 0.2) is 0 Å². The summed E-state index contributed by atoms with van der Waals surface area (Å²) < 4.78 is 5.81. The van der Waals surface area contributed by atoms with Crippen LogP contribution in [0.25, 0.3) is 0 Å². The van der Waals surface area contributed by atoms with Gasteiger partial charge in [0.1, 0.15) is 5.76 Å². The van der Waals surface area contributed by atoms with E-state index in [-0.39, 0.29) is 13.1 Å². The Balaban J connectivity index is 1.56. The first-order chi connectivity index (χ1) is 13.1. The van der Waals surface area contributed by atoms with Gasteiger partial charge in [-0.2, -0.15) is 0 Å². The first kappa shape index (κ1) is 19.3. The molecule has 2 atom stereocenters. The molecule has 2 saturated carbocycles. The summed E-state index contributed by atoms with van der Waals surface area (Å²) in [5.41, 5.74) is 2.12. The molecule has 2 heterocycles.